The minimum atomic E-state index is -0.631. The number of benzene rings is 2. The summed E-state index contributed by atoms with van der Waals surface area (Å²) >= 11 is 18.7. The highest BCUT2D eigenvalue weighted by Gasteiger charge is 2.47. The van der Waals surface area contributed by atoms with Crippen LogP contribution in [0.5, 0.6) is 0 Å². The van der Waals surface area contributed by atoms with Crippen LogP contribution >= 0.6 is 34.8 Å². The molecule has 2 N–H and O–H groups in total. The van der Waals surface area contributed by atoms with Crippen molar-refractivity contribution >= 4 is 41.1 Å². The van der Waals surface area contributed by atoms with E-state index in [1.165, 1.54) is 0 Å². The maximum atomic E-state index is 12.1. The molecule has 0 radical (unpaired) electrons. The van der Waals surface area contributed by atoms with E-state index in [0.717, 1.165) is 23.0 Å². The summed E-state index contributed by atoms with van der Waals surface area (Å²) in [6.07, 6.45) is 3.17. The van der Waals surface area contributed by atoms with Gasteiger partial charge in [0.1, 0.15) is 6.29 Å². The van der Waals surface area contributed by atoms with Gasteiger partial charge in [-0.2, -0.15) is 0 Å². The van der Waals surface area contributed by atoms with E-state index >= 15 is 0 Å². The van der Waals surface area contributed by atoms with Gasteiger partial charge in [-0.1, -0.05) is 64.7 Å². The third-order valence-electron chi connectivity index (χ3n) is 5.95. The molecule has 0 aromatic heterocycles. The molecule has 0 saturated heterocycles. The van der Waals surface area contributed by atoms with Crippen LogP contribution in [0.3, 0.4) is 0 Å². The standard InChI is InChI=1S/C22H22Cl3NO/c1-13-9-18(17-8-7-16(24)10-20(17)25)21(14-3-5-15(23)6-4-14)19(11-26)22(13,2)12-27/h3-10,12,18-19,21H,11,26H2,1-2H3. The van der Waals surface area contributed by atoms with Crippen molar-refractivity contribution in [1.82, 2.24) is 0 Å². The van der Waals surface area contributed by atoms with Crippen molar-refractivity contribution in [3.05, 3.63) is 80.3 Å². The summed E-state index contributed by atoms with van der Waals surface area (Å²) in [4.78, 5) is 12.1. The summed E-state index contributed by atoms with van der Waals surface area (Å²) in [5.74, 6) is -0.0970. The van der Waals surface area contributed by atoms with E-state index in [1.54, 1.807) is 6.07 Å². The molecule has 2 nitrogen and oxygen atoms in total. The molecular formula is C22H22Cl3NO. The van der Waals surface area contributed by atoms with E-state index in [1.807, 2.05) is 50.2 Å². The lowest BCUT2D eigenvalue weighted by molar-refractivity contribution is -0.116. The molecular weight excluding hydrogens is 401 g/mol. The molecule has 4 atom stereocenters. The summed E-state index contributed by atoms with van der Waals surface area (Å²) in [5, 5.41) is 1.88. The highest BCUT2D eigenvalue weighted by molar-refractivity contribution is 6.35. The molecule has 3 rings (SSSR count). The van der Waals surface area contributed by atoms with Gasteiger partial charge in [-0.05, 0) is 67.6 Å². The van der Waals surface area contributed by atoms with E-state index in [2.05, 4.69) is 6.08 Å². The lowest BCUT2D eigenvalue weighted by Gasteiger charge is -2.46. The molecule has 2 aromatic rings. The van der Waals surface area contributed by atoms with Gasteiger partial charge in [0.05, 0.1) is 0 Å². The predicted molar refractivity (Wildman–Crippen MR) is 114 cm³/mol. The van der Waals surface area contributed by atoms with Crippen LogP contribution in [-0.4, -0.2) is 12.8 Å². The van der Waals surface area contributed by atoms with Crippen molar-refractivity contribution in [1.29, 1.82) is 0 Å². The van der Waals surface area contributed by atoms with Crippen LogP contribution in [0.4, 0.5) is 0 Å². The average Bonchev–Trinajstić information content (AvgIpc) is 2.64. The number of allylic oxidation sites excluding steroid dienone is 2. The summed E-state index contributed by atoms with van der Waals surface area (Å²) in [6, 6.07) is 13.3. The third-order valence-corrected chi connectivity index (χ3v) is 6.76. The van der Waals surface area contributed by atoms with Crippen LogP contribution in [0.15, 0.2) is 54.1 Å². The molecule has 0 fully saturated rings. The number of carbonyl (C=O) groups excluding carboxylic acids is 1. The highest BCUT2D eigenvalue weighted by atomic mass is 35.5. The van der Waals surface area contributed by atoms with Crippen LogP contribution < -0.4 is 5.73 Å². The molecule has 0 spiro atoms. The number of carbonyl (C=O) groups is 1. The fourth-order valence-corrected chi connectivity index (χ4v) is 4.88. The van der Waals surface area contributed by atoms with Crippen LogP contribution in [0.25, 0.3) is 0 Å². The highest BCUT2D eigenvalue weighted by Crippen LogP contribution is 2.54. The van der Waals surface area contributed by atoms with Gasteiger partial charge in [0.25, 0.3) is 0 Å². The first kappa shape index (κ1) is 20.4. The average molecular weight is 423 g/mol. The fourth-order valence-electron chi connectivity index (χ4n) is 4.22. The molecule has 0 saturated carbocycles. The van der Waals surface area contributed by atoms with Gasteiger partial charge in [-0.25, -0.2) is 0 Å². The molecule has 0 aliphatic heterocycles. The number of halogens is 3. The predicted octanol–water partition coefficient (Wildman–Crippen LogP) is 6.25. The summed E-state index contributed by atoms with van der Waals surface area (Å²) in [7, 11) is 0. The minimum Gasteiger partial charge on any atom is -0.330 e. The summed E-state index contributed by atoms with van der Waals surface area (Å²) in [5.41, 5.74) is 8.65. The topological polar surface area (TPSA) is 43.1 Å². The summed E-state index contributed by atoms with van der Waals surface area (Å²) < 4.78 is 0. The van der Waals surface area contributed by atoms with Crippen LogP contribution in [0.2, 0.25) is 15.1 Å². The Balaban J connectivity index is 2.24. The third kappa shape index (κ3) is 3.69. The van der Waals surface area contributed by atoms with Gasteiger partial charge in [-0.3, -0.25) is 0 Å². The second-order valence-electron chi connectivity index (χ2n) is 7.36. The van der Waals surface area contributed by atoms with Gasteiger partial charge in [0.15, 0.2) is 0 Å². The van der Waals surface area contributed by atoms with Gasteiger partial charge in [0.2, 0.25) is 0 Å². The fraction of sp³-hybridized carbons (Fsp3) is 0.318. The van der Waals surface area contributed by atoms with Gasteiger partial charge in [0, 0.05) is 26.4 Å². The Morgan fingerprint density at radius 2 is 1.70 bits per heavy atom. The van der Waals surface area contributed by atoms with Gasteiger partial charge >= 0.3 is 0 Å². The zero-order valence-electron chi connectivity index (χ0n) is 15.3. The molecule has 4 unspecified atom stereocenters. The molecule has 5 heteroatoms. The molecule has 27 heavy (non-hydrogen) atoms. The van der Waals surface area contributed by atoms with Crippen molar-refractivity contribution < 1.29 is 4.79 Å². The second kappa shape index (κ2) is 7.97. The Morgan fingerprint density at radius 1 is 1.07 bits per heavy atom. The first-order valence-corrected chi connectivity index (χ1v) is 10.0. The molecule has 0 heterocycles. The zero-order valence-corrected chi connectivity index (χ0v) is 17.5. The number of hydrogen-bond acceptors (Lipinski definition) is 2. The van der Waals surface area contributed by atoms with Crippen molar-refractivity contribution in [2.45, 2.75) is 25.7 Å². The monoisotopic (exact) mass is 421 g/mol. The van der Waals surface area contributed by atoms with E-state index in [0.29, 0.717) is 21.6 Å². The number of nitrogens with two attached hydrogens (primary N) is 1. The van der Waals surface area contributed by atoms with E-state index in [9.17, 15) is 4.79 Å². The quantitative estimate of drug-likeness (QED) is 0.467. The van der Waals surface area contributed by atoms with Crippen LogP contribution in [0, 0.1) is 11.3 Å². The second-order valence-corrected chi connectivity index (χ2v) is 8.64. The maximum Gasteiger partial charge on any atom is 0.130 e. The largest absolute Gasteiger partial charge is 0.330 e. The Kier molecular flexibility index (Phi) is 6.02. The number of hydrogen-bond donors (Lipinski definition) is 1. The SMILES string of the molecule is CC1=CC(c2ccc(Cl)cc2Cl)C(c2ccc(Cl)cc2)C(CN)C1(C)C=O. The molecule has 1 aliphatic rings. The molecule has 0 amide bonds. The summed E-state index contributed by atoms with van der Waals surface area (Å²) in [6.45, 7) is 4.34. The lowest BCUT2D eigenvalue weighted by atomic mass is 9.57. The number of aldehydes is 1. The lowest BCUT2D eigenvalue weighted by Crippen LogP contribution is -2.44. The minimum absolute atomic E-state index is 0.00941. The Bertz CT molecular complexity index is 878. The van der Waals surface area contributed by atoms with Crippen molar-refractivity contribution in [3.8, 4) is 0 Å². The molecule has 1 aliphatic carbocycles. The zero-order chi connectivity index (χ0) is 19.8. The van der Waals surface area contributed by atoms with Crippen molar-refractivity contribution in [3.63, 3.8) is 0 Å². The van der Waals surface area contributed by atoms with Gasteiger partial charge in [-0.15, -0.1) is 0 Å². The molecule has 142 valence electrons. The first-order valence-electron chi connectivity index (χ1n) is 8.87. The Morgan fingerprint density at radius 3 is 2.26 bits per heavy atom. The Hall–Kier alpha value is -1.32. The maximum absolute atomic E-state index is 12.1. The van der Waals surface area contributed by atoms with Crippen molar-refractivity contribution in [2.24, 2.45) is 17.1 Å². The molecule has 2 aromatic carbocycles. The molecule has 0 bridgehead atoms. The normalized spacial score (nSPS) is 27.9. The van der Waals surface area contributed by atoms with E-state index < -0.39 is 5.41 Å². The van der Waals surface area contributed by atoms with Gasteiger partial charge < -0.3 is 10.5 Å². The Labute approximate surface area is 175 Å². The first-order chi connectivity index (χ1) is 12.8. The van der Waals surface area contributed by atoms with Crippen molar-refractivity contribution in [2.75, 3.05) is 6.54 Å². The van der Waals surface area contributed by atoms with E-state index in [4.69, 9.17) is 40.5 Å². The van der Waals surface area contributed by atoms with E-state index in [-0.39, 0.29) is 17.8 Å². The van der Waals surface area contributed by atoms with Crippen LogP contribution in [0.1, 0.15) is 36.8 Å². The van der Waals surface area contributed by atoms with Crippen LogP contribution in [-0.2, 0) is 4.79 Å². The smallest absolute Gasteiger partial charge is 0.130 e. The number of rotatable bonds is 4.